The van der Waals surface area contributed by atoms with Crippen LogP contribution in [-0.2, 0) is 6.54 Å². The van der Waals surface area contributed by atoms with Crippen molar-refractivity contribution in [3.05, 3.63) is 76.4 Å². The van der Waals surface area contributed by atoms with Crippen LogP contribution >= 0.6 is 11.6 Å². The van der Waals surface area contributed by atoms with Crippen molar-refractivity contribution in [3.63, 3.8) is 0 Å². The molecule has 0 radical (unpaired) electrons. The standard InChI is InChI=1S/C18H15ClN2/c19-17-7-3-6-15(12-17)18(8-10-20)21-11-9-14-4-1-2-5-16(14)13-21/h1-7,9,11-12,18H,8,13H2. The Labute approximate surface area is 129 Å². The first kappa shape index (κ1) is 13.7. The Morgan fingerprint density at radius 2 is 2.05 bits per heavy atom. The molecule has 0 saturated heterocycles. The van der Waals surface area contributed by atoms with Crippen LogP contribution < -0.4 is 0 Å². The van der Waals surface area contributed by atoms with Gasteiger partial charge >= 0.3 is 0 Å². The smallest absolute Gasteiger partial charge is 0.0671 e. The van der Waals surface area contributed by atoms with Gasteiger partial charge in [0.05, 0.1) is 18.5 Å². The minimum Gasteiger partial charge on any atom is -0.365 e. The molecule has 0 amide bonds. The number of rotatable bonds is 3. The number of nitrogens with zero attached hydrogens (tertiary/aromatic N) is 2. The topological polar surface area (TPSA) is 27.0 Å². The number of halogens is 1. The molecule has 0 bridgehead atoms. The maximum atomic E-state index is 9.16. The maximum absolute atomic E-state index is 9.16. The second kappa shape index (κ2) is 6.03. The van der Waals surface area contributed by atoms with Gasteiger partial charge in [0, 0.05) is 17.8 Å². The summed E-state index contributed by atoms with van der Waals surface area (Å²) < 4.78 is 0. The number of fused-ring (bicyclic) bond motifs is 1. The van der Waals surface area contributed by atoms with Gasteiger partial charge in [0.25, 0.3) is 0 Å². The van der Waals surface area contributed by atoms with E-state index >= 15 is 0 Å². The summed E-state index contributed by atoms with van der Waals surface area (Å²) in [6, 6.07) is 18.4. The zero-order chi connectivity index (χ0) is 14.7. The van der Waals surface area contributed by atoms with Crippen LogP contribution in [0.25, 0.3) is 6.08 Å². The van der Waals surface area contributed by atoms with E-state index in [2.05, 4.69) is 41.4 Å². The highest BCUT2D eigenvalue weighted by molar-refractivity contribution is 6.30. The molecule has 1 aliphatic heterocycles. The Balaban J connectivity index is 1.92. The maximum Gasteiger partial charge on any atom is 0.0671 e. The predicted molar refractivity (Wildman–Crippen MR) is 85.4 cm³/mol. The summed E-state index contributed by atoms with van der Waals surface area (Å²) in [7, 11) is 0. The third kappa shape index (κ3) is 2.94. The van der Waals surface area contributed by atoms with Gasteiger partial charge in [-0.25, -0.2) is 0 Å². The zero-order valence-electron chi connectivity index (χ0n) is 11.5. The van der Waals surface area contributed by atoms with Crippen molar-refractivity contribution in [2.75, 3.05) is 0 Å². The van der Waals surface area contributed by atoms with Gasteiger partial charge in [0.15, 0.2) is 0 Å². The van der Waals surface area contributed by atoms with Crippen LogP contribution in [-0.4, -0.2) is 4.90 Å². The Morgan fingerprint density at radius 3 is 2.86 bits per heavy atom. The molecule has 0 fully saturated rings. The van der Waals surface area contributed by atoms with Gasteiger partial charge in [-0.2, -0.15) is 5.26 Å². The molecule has 2 aromatic rings. The van der Waals surface area contributed by atoms with Crippen molar-refractivity contribution in [1.29, 1.82) is 5.26 Å². The molecule has 2 aromatic carbocycles. The van der Waals surface area contributed by atoms with Crippen LogP contribution in [0.15, 0.2) is 54.7 Å². The van der Waals surface area contributed by atoms with E-state index in [1.807, 2.05) is 30.3 Å². The highest BCUT2D eigenvalue weighted by atomic mass is 35.5. The molecule has 3 rings (SSSR count). The van der Waals surface area contributed by atoms with Gasteiger partial charge in [-0.3, -0.25) is 0 Å². The summed E-state index contributed by atoms with van der Waals surface area (Å²) in [5, 5.41) is 9.86. The summed E-state index contributed by atoms with van der Waals surface area (Å²) in [5.41, 5.74) is 3.61. The minimum atomic E-state index is 0.0262. The molecule has 1 aliphatic rings. The fourth-order valence-electron chi connectivity index (χ4n) is 2.71. The average Bonchev–Trinajstić information content (AvgIpc) is 2.52. The summed E-state index contributed by atoms with van der Waals surface area (Å²) >= 11 is 6.09. The summed E-state index contributed by atoms with van der Waals surface area (Å²) in [6.07, 6.45) is 4.62. The highest BCUT2D eigenvalue weighted by Gasteiger charge is 2.21. The number of nitriles is 1. The fraction of sp³-hybridized carbons (Fsp3) is 0.167. The van der Waals surface area contributed by atoms with Gasteiger partial charge in [-0.15, -0.1) is 0 Å². The van der Waals surface area contributed by atoms with Gasteiger partial charge in [0.2, 0.25) is 0 Å². The lowest BCUT2D eigenvalue weighted by Crippen LogP contribution is -2.25. The lowest BCUT2D eigenvalue weighted by atomic mass is 9.98. The van der Waals surface area contributed by atoms with Crippen molar-refractivity contribution in [3.8, 4) is 6.07 Å². The monoisotopic (exact) mass is 294 g/mol. The Morgan fingerprint density at radius 1 is 1.19 bits per heavy atom. The van der Waals surface area contributed by atoms with E-state index in [0.29, 0.717) is 11.4 Å². The van der Waals surface area contributed by atoms with Gasteiger partial charge in [-0.1, -0.05) is 48.0 Å². The lowest BCUT2D eigenvalue weighted by molar-refractivity contribution is 0.273. The van der Waals surface area contributed by atoms with E-state index in [-0.39, 0.29) is 6.04 Å². The van der Waals surface area contributed by atoms with Gasteiger partial charge in [-0.05, 0) is 34.9 Å². The molecule has 104 valence electrons. The highest BCUT2D eigenvalue weighted by Crippen LogP contribution is 2.31. The van der Waals surface area contributed by atoms with Crippen LogP contribution in [0, 0.1) is 11.3 Å². The van der Waals surface area contributed by atoms with E-state index in [9.17, 15) is 0 Å². The van der Waals surface area contributed by atoms with Gasteiger partial charge < -0.3 is 4.90 Å². The van der Waals surface area contributed by atoms with E-state index in [4.69, 9.17) is 16.9 Å². The van der Waals surface area contributed by atoms with E-state index in [1.54, 1.807) is 0 Å². The third-order valence-corrected chi connectivity index (χ3v) is 4.01. The summed E-state index contributed by atoms with van der Waals surface area (Å²) in [6.45, 7) is 0.811. The Kier molecular flexibility index (Phi) is 3.94. The summed E-state index contributed by atoms with van der Waals surface area (Å²) in [5.74, 6) is 0. The van der Waals surface area contributed by atoms with Crippen molar-refractivity contribution in [2.24, 2.45) is 0 Å². The molecule has 0 saturated carbocycles. The first-order valence-corrected chi connectivity index (χ1v) is 7.30. The molecule has 0 N–H and O–H groups in total. The van der Waals surface area contributed by atoms with Gasteiger partial charge in [0.1, 0.15) is 0 Å². The SMILES string of the molecule is N#CCC(c1cccc(Cl)c1)N1C=Cc2ccccc2C1. The molecule has 1 unspecified atom stereocenters. The lowest BCUT2D eigenvalue weighted by Gasteiger charge is -2.32. The molecular formula is C18H15ClN2. The Hall–Kier alpha value is -2.24. The molecule has 0 aromatic heterocycles. The normalized spacial score (nSPS) is 14.4. The molecule has 2 nitrogen and oxygen atoms in total. The largest absolute Gasteiger partial charge is 0.365 e. The van der Waals surface area contributed by atoms with Crippen molar-refractivity contribution >= 4 is 17.7 Å². The molecule has 1 heterocycles. The van der Waals surface area contributed by atoms with Crippen molar-refractivity contribution < 1.29 is 0 Å². The molecular weight excluding hydrogens is 280 g/mol. The van der Waals surface area contributed by atoms with Crippen molar-refractivity contribution in [1.82, 2.24) is 4.90 Å². The second-order valence-corrected chi connectivity index (χ2v) is 5.56. The third-order valence-electron chi connectivity index (χ3n) is 3.77. The molecule has 21 heavy (non-hydrogen) atoms. The minimum absolute atomic E-state index is 0.0262. The van der Waals surface area contributed by atoms with Crippen LogP contribution in [0.5, 0.6) is 0 Å². The quantitative estimate of drug-likeness (QED) is 0.814. The average molecular weight is 295 g/mol. The van der Waals surface area contributed by atoms with E-state index in [1.165, 1.54) is 11.1 Å². The molecule has 0 spiro atoms. The number of benzene rings is 2. The Bertz CT molecular complexity index is 715. The number of hydrogen-bond acceptors (Lipinski definition) is 2. The predicted octanol–water partition coefficient (Wildman–Crippen LogP) is 4.78. The fourth-order valence-corrected chi connectivity index (χ4v) is 2.91. The van der Waals surface area contributed by atoms with Crippen LogP contribution in [0.3, 0.4) is 0 Å². The zero-order valence-corrected chi connectivity index (χ0v) is 12.3. The molecule has 3 heteroatoms. The van der Waals surface area contributed by atoms with E-state index < -0.39 is 0 Å². The first-order valence-electron chi connectivity index (χ1n) is 6.92. The second-order valence-electron chi connectivity index (χ2n) is 5.12. The van der Waals surface area contributed by atoms with Crippen LogP contribution in [0.2, 0.25) is 5.02 Å². The first-order chi connectivity index (χ1) is 10.3. The van der Waals surface area contributed by atoms with Crippen LogP contribution in [0.4, 0.5) is 0 Å². The number of hydrogen-bond donors (Lipinski definition) is 0. The molecule has 0 aliphatic carbocycles. The van der Waals surface area contributed by atoms with E-state index in [0.717, 1.165) is 12.1 Å². The molecule has 1 atom stereocenters. The van der Waals surface area contributed by atoms with Crippen molar-refractivity contribution in [2.45, 2.75) is 19.0 Å². The summed E-state index contributed by atoms with van der Waals surface area (Å²) in [4.78, 5) is 2.21. The van der Waals surface area contributed by atoms with Crippen LogP contribution in [0.1, 0.15) is 29.2 Å².